The Kier molecular flexibility index (Phi) is 5.12. The number of carboxylic acids is 1. The minimum atomic E-state index is -1.15. The van der Waals surface area contributed by atoms with Crippen LogP contribution in [0, 0.1) is 5.92 Å². The van der Waals surface area contributed by atoms with E-state index in [4.69, 9.17) is 4.74 Å². The average molecular weight is 368 g/mol. The lowest BCUT2D eigenvalue weighted by Gasteiger charge is -2.29. The zero-order chi connectivity index (χ0) is 19.6. The highest BCUT2D eigenvalue weighted by Gasteiger charge is 2.37. The molecule has 1 aliphatic heterocycles. The van der Waals surface area contributed by atoms with Crippen molar-refractivity contribution in [1.82, 2.24) is 4.90 Å². The van der Waals surface area contributed by atoms with Gasteiger partial charge >= 0.3 is 5.97 Å². The van der Waals surface area contributed by atoms with Gasteiger partial charge in [-0.3, -0.25) is 9.59 Å². The lowest BCUT2D eigenvalue weighted by Crippen LogP contribution is -2.49. The highest BCUT2D eigenvalue weighted by molar-refractivity contribution is 6.09. The van der Waals surface area contributed by atoms with Gasteiger partial charge in [0.1, 0.15) is 24.1 Å². The normalized spacial score (nSPS) is 15.0. The van der Waals surface area contributed by atoms with Crippen molar-refractivity contribution in [3.8, 4) is 11.5 Å². The molecule has 0 saturated carbocycles. The SMILES string of the molecule is CC(C)C(C(=O)O)N1CC(=O)Nc2ccc(Oc3ccccc3)cc2C1=O. The minimum Gasteiger partial charge on any atom is -0.480 e. The van der Waals surface area contributed by atoms with E-state index in [1.54, 1.807) is 38.1 Å². The average Bonchev–Trinajstić information content (AvgIpc) is 2.73. The molecule has 0 aliphatic carbocycles. The summed E-state index contributed by atoms with van der Waals surface area (Å²) >= 11 is 0. The van der Waals surface area contributed by atoms with Gasteiger partial charge < -0.3 is 20.1 Å². The molecule has 7 nitrogen and oxygen atoms in total. The second kappa shape index (κ2) is 7.49. The first-order valence-electron chi connectivity index (χ1n) is 8.57. The third-order valence-corrected chi connectivity index (χ3v) is 4.27. The quantitative estimate of drug-likeness (QED) is 0.846. The third-order valence-electron chi connectivity index (χ3n) is 4.27. The van der Waals surface area contributed by atoms with Crippen molar-refractivity contribution >= 4 is 23.5 Å². The van der Waals surface area contributed by atoms with Gasteiger partial charge in [-0.1, -0.05) is 32.0 Å². The Hall–Kier alpha value is -3.35. The van der Waals surface area contributed by atoms with Gasteiger partial charge in [-0.2, -0.15) is 0 Å². The number of ether oxygens (including phenoxy) is 1. The van der Waals surface area contributed by atoms with E-state index in [1.807, 2.05) is 18.2 Å². The maximum atomic E-state index is 13.1. The summed E-state index contributed by atoms with van der Waals surface area (Å²) in [7, 11) is 0. The number of hydrogen-bond acceptors (Lipinski definition) is 4. The van der Waals surface area contributed by atoms with E-state index in [9.17, 15) is 19.5 Å². The molecule has 7 heteroatoms. The first-order chi connectivity index (χ1) is 12.9. The summed E-state index contributed by atoms with van der Waals surface area (Å²) in [4.78, 5) is 38.0. The number of anilines is 1. The maximum Gasteiger partial charge on any atom is 0.326 e. The Balaban J connectivity index is 1.98. The number of aliphatic carboxylic acids is 1. The van der Waals surface area contributed by atoms with Crippen LogP contribution in [0.15, 0.2) is 48.5 Å². The zero-order valence-corrected chi connectivity index (χ0v) is 15.0. The molecule has 0 radical (unpaired) electrons. The van der Waals surface area contributed by atoms with Crippen LogP contribution in [0.4, 0.5) is 5.69 Å². The van der Waals surface area contributed by atoms with E-state index in [0.717, 1.165) is 4.90 Å². The Morgan fingerprint density at radius 3 is 2.44 bits per heavy atom. The molecule has 0 bridgehead atoms. The van der Waals surface area contributed by atoms with Crippen LogP contribution < -0.4 is 10.1 Å². The van der Waals surface area contributed by atoms with Crippen LogP contribution in [0.3, 0.4) is 0 Å². The fourth-order valence-corrected chi connectivity index (χ4v) is 3.07. The van der Waals surface area contributed by atoms with E-state index in [2.05, 4.69) is 5.32 Å². The number of nitrogens with one attached hydrogen (secondary N) is 1. The first kappa shape index (κ1) is 18.4. The molecular formula is C20H20N2O5. The number of carboxylic acid groups (broad SMARTS) is 1. The zero-order valence-electron chi connectivity index (χ0n) is 15.0. The molecule has 0 saturated heterocycles. The topological polar surface area (TPSA) is 95.9 Å². The second-order valence-corrected chi connectivity index (χ2v) is 6.63. The van der Waals surface area contributed by atoms with Crippen LogP contribution >= 0.6 is 0 Å². The highest BCUT2D eigenvalue weighted by Crippen LogP contribution is 2.30. The summed E-state index contributed by atoms with van der Waals surface area (Å²) in [5.74, 6) is -1.45. The van der Waals surface area contributed by atoms with Gasteiger partial charge in [-0.25, -0.2) is 4.79 Å². The molecule has 1 atom stereocenters. The minimum absolute atomic E-state index is 0.196. The number of fused-ring (bicyclic) bond motifs is 1. The van der Waals surface area contributed by atoms with Crippen molar-refractivity contribution in [2.24, 2.45) is 5.92 Å². The van der Waals surface area contributed by atoms with Crippen molar-refractivity contribution in [3.05, 3.63) is 54.1 Å². The van der Waals surface area contributed by atoms with Crippen molar-refractivity contribution in [3.63, 3.8) is 0 Å². The molecule has 0 fully saturated rings. The van der Waals surface area contributed by atoms with Crippen LogP contribution in [0.1, 0.15) is 24.2 Å². The molecular weight excluding hydrogens is 348 g/mol. The molecule has 27 heavy (non-hydrogen) atoms. The lowest BCUT2D eigenvalue weighted by atomic mass is 10.0. The van der Waals surface area contributed by atoms with Crippen LogP contribution in [-0.2, 0) is 9.59 Å². The molecule has 3 rings (SSSR count). The largest absolute Gasteiger partial charge is 0.480 e. The van der Waals surface area contributed by atoms with Crippen molar-refractivity contribution in [1.29, 1.82) is 0 Å². The smallest absolute Gasteiger partial charge is 0.326 e. The molecule has 1 heterocycles. The van der Waals surface area contributed by atoms with Gasteiger partial charge in [0, 0.05) is 0 Å². The van der Waals surface area contributed by atoms with Gasteiger partial charge in [0.05, 0.1) is 11.3 Å². The molecule has 2 amide bonds. The number of hydrogen-bond donors (Lipinski definition) is 2. The standard InChI is InChI=1S/C20H20N2O5/c1-12(2)18(20(25)26)22-11-17(23)21-16-9-8-14(10-15(16)19(22)24)27-13-6-4-3-5-7-13/h3-10,12,18H,11H2,1-2H3,(H,21,23)(H,25,26). The summed E-state index contributed by atoms with van der Waals surface area (Å²) < 4.78 is 5.75. The van der Waals surface area contributed by atoms with Crippen molar-refractivity contribution < 1.29 is 24.2 Å². The fourth-order valence-electron chi connectivity index (χ4n) is 3.07. The predicted octanol–water partition coefficient (Wildman–Crippen LogP) is 2.98. The van der Waals surface area contributed by atoms with Crippen molar-refractivity contribution in [2.45, 2.75) is 19.9 Å². The molecule has 1 unspecified atom stereocenters. The molecule has 140 valence electrons. The van der Waals surface area contributed by atoms with Gasteiger partial charge in [0.25, 0.3) is 5.91 Å². The molecule has 2 aromatic rings. The number of carbonyl (C=O) groups excluding carboxylic acids is 2. The number of nitrogens with zero attached hydrogens (tertiary/aromatic N) is 1. The van der Waals surface area contributed by atoms with Crippen LogP contribution in [0.2, 0.25) is 0 Å². The second-order valence-electron chi connectivity index (χ2n) is 6.63. The Bertz CT molecular complexity index is 879. The van der Waals surface area contributed by atoms with E-state index in [1.165, 1.54) is 6.07 Å². The third kappa shape index (κ3) is 3.92. The number of para-hydroxylation sites is 1. The fraction of sp³-hybridized carbons (Fsp3) is 0.250. The van der Waals surface area contributed by atoms with Crippen LogP contribution in [-0.4, -0.2) is 40.4 Å². The van der Waals surface area contributed by atoms with E-state index in [0.29, 0.717) is 17.2 Å². The highest BCUT2D eigenvalue weighted by atomic mass is 16.5. The Morgan fingerprint density at radius 2 is 1.81 bits per heavy atom. The summed E-state index contributed by atoms with van der Waals surface area (Å²) in [5, 5.41) is 12.2. The van der Waals surface area contributed by atoms with Crippen LogP contribution in [0.25, 0.3) is 0 Å². The number of rotatable bonds is 5. The van der Waals surface area contributed by atoms with Gasteiger partial charge in [0.15, 0.2) is 0 Å². The first-order valence-corrected chi connectivity index (χ1v) is 8.57. The number of amides is 2. The summed E-state index contributed by atoms with van der Waals surface area (Å²) in [6.45, 7) is 3.08. The molecule has 0 spiro atoms. The number of benzene rings is 2. The van der Waals surface area contributed by atoms with Gasteiger partial charge in [-0.05, 0) is 36.2 Å². The van der Waals surface area contributed by atoms with Crippen molar-refractivity contribution in [2.75, 3.05) is 11.9 Å². The van der Waals surface area contributed by atoms with Gasteiger partial charge in [-0.15, -0.1) is 0 Å². The monoisotopic (exact) mass is 368 g/mol. The summed E-state index contributed by atoms with van der Waals surface area (Å²) in [6, 6.07) is 12.7. The summed E-state index contributed by atoms with van der Waals surface area (Å²) in [5.41, 5.74) is 0.530. The Morgan fingerprint density at radius 1 is 1.11 bits per heavy atom. The van der Waals surface area contributed by atoms with Crippen LogP contribution in [0.5, 0.6) is 11.5 Å². The molecule has 1 aliphatic rings. The summed E-state index contributed by atoms with van der Waals surface area (Å²) in [6.07, 6.45) is 0. The molecule has 0 aromatic heterocycles. The maximum absolute atomic E-state index is 13.1. The van der Waals surface area contributed by atoms with E-state index < -0.39 is 23.8 Å². The predicted molar refractivity (Wildman–Crippen MR) is 98.9 cm³/mol. The number of carbonyl (C=O) groups is 3. The van der Waals surface area contributed by atoms with E-state index >= 15 is 0 Å². The Labute approximate surface area is 156 Å². The molecule has 2 N–H and O–H groups in total. The van der Waals surface area contributed by atoms with E-state index in [-0.39, 0.29) is 18.0 Å². The van der Waals surface area contributed by atoms with Gasteiger partial charge in [0.2, 0.25) is 5.91 Å². The lowest BCUT2D eigenvalue weighted by molar-refractivity contribution is -0.144. The molecule has 2 aromatic carbocycles.